The van der Waals surface area contributed by atoms with Crippen LogP contribution in [0.1, 0.15) is 181 Å². The van der Waals surface area contributed by atoms with Gasteiger partial charge >= 0.3 is 17.9 Å². The minimum atomic E-state index is -0.816. The molecule has 0 saturated carbocycles. The Labute approximate surface area is 343 Å². The molecule has 0 amide bonds. The first kappa shape index (κ1) is 52.3. The fourth-order valence-corrected chi connectivity index (χ4v) is 5.55. The highest BCUT2D eigenvalue weighted by Gasteiger charge is 2.19. The van der Waals surface area contributed by atoms with Gasteiger partial charge in [-0.3, -0.25) is 14.4 Å². The number of carbonyl (C=O) groups is 3. The lowest BCUT2D eigenvalue weighted by molar-refractivity contribution is -0.167. The quantitative estimate of drug-likeness (QED) is 0.0269. The van der Waals surface area contributed by atoms with E-state index in [0.29, 0.717) is 19.3 Å². The van der Waals surface area contributed by atoms with E-state index >= 15 is 0 Å². The summed E-state index contributed by atoms with van der Waals surface area (Å²) in [7, 11) is 0. The van der Waals surface area contributed by atoms with Crippen molar-refractivity contribution in [2.45, 2.75) is 187 Å². The van der Waals surface area contributed by atoms with E-state index in [2.05, 4.69) is 118 Å². The summed E-state index contributed by atoms with van der Waals surface area (Å²) < 4.78 is 16.6. The van der Waals surface area contributed by atoms with Crippen molar-refractivity contribution >= 4 is 17.9 Å². The Morgan fingerprint density at radius 1 is 0.375 bits per heavy atom. The third kappa shape index (κ3) is 41.5. The molecule has 316 valence electrons. The highest BCUT2D eigenvalue weighted by Crippen LogP contribution is 2.12. The topological polar surface area (TPSA) is 78.9 Å². The van der Waals surface area contributed by atoms with Gasteiger partial charge in [0.2, 0.25) is 0 Å². The van der Waals surface area contributed by atoms with Crippen LogP contribution < -0.4 is 0 Å². The van der Waals surface area contributed by atoms with Crippen molar-refractivity contribution in [2.75, 3.05) is 13.2 Å². The number of hydrogen-bond donors (Lipinski definition) is 0. The second-order valence-electron chi connectivity index (χ2n) is 14.2. The Morgan fingerprint density at radius 2 is 0.714 bits per heavy atom. The van der Waals surface area contributed by atoms with Crippen LogP contribution in [0.2, 0.25) is 0 Å². The molecule has 0 N–H and O–H groups in total. The van der Waals surface area contributed by atoms with Crippen LogP contribution in [0, 0.1) is 0 Å². The van der Waals surface area contributed by atoms with Crippen LogP contribution in [-0.2, 0) is 28.6 Å². The highest BCUT2D eigenvalue weighted by molar-refractivity contribution is 5.71. The maximum atomic E-state index is 12.7. The Kier molecular flexibility index (Phi) is 41.2. The normalized spacial score (nSPS) is 13.0. The van der Waals surface area contributed by atoms with Gasteiger partial charge in [0.1, 0.15) is 13.2 Å². The lowest BCUT2D eigenvalue weighted by Gasteiger charge is -2.18. The Balaban J connectivity index is 4.52. The molecule has 1 unspecified atom stereocenters. The monoisotopic (exact) mass is 777 g/mol. The fourth-order valence-electron chi connectivity index (χ4n) is 5.55. The summed E-state index contributed by atoms with van der Waals surface area (Å²) in [6.45, 7) is 6.27. The molecule has 0 aliphatic rings. The summed E-state index contributed by atoms with van der Waals surface area (Å²) in [5, 5.41) is 0. The molecule has 0 radical (unpaired) electrons. The van der Waals surface area contributed by atoms with Crippen LogP contribution >= 0.6 is 0 Å². The summed E-state index contributed by atoms with van der Waals surface area (Å²) in [6, 6.07) is 0. The lowest BCUT2D eigenvalue weighted by atomic mass is 10.1. The van der Waals surface area contributed by atoms with Crippen molar-refractivity contribution in [1.82, 2.24) is 0 Å². The molecule has 0 aromatic carbocycles. The molecule has 0 heterocycles. The molecule has 0 aromatic rings. The number of esters is 3. The number of carbonyl (C=O) groups excluding carboxylic acids is 3. The third-order valence-electron chi connectivity index (χ3n) is 8.83. The summed E-state index contributed by atoms with van der Waals surface area (Å²) in [4.78, 5) is 37.6. The molecule has 0 fully saturated rings. The van der Waals surface area contributed by atoms with Crippen molar-refractivity contribution in [2.24, 2.45) is 0 Å². The molecule has 0 saturated heterocycles. The molecule has 0 rings (SSSR count). The molecular weight excluding hydrogens is 697 g/mol. The van der Waals surface area contributed by atoms with Gasteiger partial charge in [0.05, 0.1) is 0 Å². The third-order valence-corrected chi connectivity index (χ3v) is 8.83. The van der Waals surface area contributed by atoms with E-state index in [-0.39, 0.29) is 44.0 Å². The Bertz CT molecular complexity index is 1170. The van der Waals surface area contributed by atoms with Gasteiger partial charge in [-0.2, -0.15) is 0 Å². The molecule has 1 atom stereocenters. The molecule has 56 heavy (non-hydrogen) atoms. The molecule has 6 nitrogen and oxygen atoms in total. The van der Waals surface area contributed by atoms with Crippen LogP contribution in [0.5, 0.6) is 0 Å². The van der Waals surface area contributed by atoms with Gasteiger partial charge in [-0.15, -0.1) is 0 Å². The van der Waals surface area contributed by atoms with Crippen LogP contribution in [0.3, 0.4) is 0 Å². The van der Waals surface area contributed by atoms with Crippen molar-refractivity contribution < 1.29 is 28.6 Å². The Hall–Kier alpha value is -3.67. The molecule has 0 aliphatic heterocycles. The minimum absolute atomic E-state index is 0.111. The molecule has 0 bridgehead atoms. The molecular formula is C50H80O6. The minimum Gasteiger partial charge on any atom is -0.462 e. The first-order valence-corrected chi connectivity index (χ1v) is 22.2. The Morgan fingerprint density at radius 3 is 1.16 bits per heavy atom. The van der Waals surface area contributed by atoms with Crippen LogP contribution in [-0.4, -0.2) is 37.2 Å². The van der Waals surface area contributed by atoms with Gasteiger partial charge in [0.15, 0.2) is 6.10 Å². The van der Waals surface area contributed by atoms with E-state index in [1.54, 1.807) is 0 Å². The zero-order valence-electron chi connectivity index (χ0n) is 35.9. The van der Waals surface area contributed by atoms with Crippen molar-refractivity contribution in [1.29, 1.82) is 0 Å². The zero-order chi connectivity index (χ0) is 40.8. The maximum Gasteiger partial charge on any atom is 0.306 e. The predicted molar refractivity (Wildman–Crippen MR) is 237 cm³/mol. The van der Waals surface area contributed by atoms with E-state index in [0.717, 1.165) is 89.9 Å². The maximum absolute atomic E-state index is 12.7. The van der Waals surface area contributed by atoms with E-state index in [1.165, 1.54) is 38.5 Å². The van der Waals surface area contributed by atoms with E-state index in [1.807, 2.05) is 0 Å². The average Bonchev–Trinajstić information content (AvgIpc) is 3.19. The molecule has 0 spiro atoms. The number of hydrogen-bond acceptors (Lipinski definition) is 6. The smallest absolute Gasteiger partial charge is 0.306 e. The molecule has 0 aromatic heterocycles. The first-order chi connectivity index (χ1) is 27.5. The fraction of sp³-hybridized carbons (Fsp3) is 0.620. The number of allylic oxidation sites excluding steroid dienone is 16. The first-order valence-electron chi connectivity index (χ1n) is 22.2. The standard InChI is InChI=1S/C50H80O6/c1-4-7-10-13-16-19-21-23-24-25-26-27-29-31-34-37-40-43-49(52)55-46-47(45-54-48(51)42-39-36-33-30-18-15-12-9-6-3)56-50(53)44-41-38-35-32-28-22-20-17-14-11-8-5-2/h7-8,10-11,16-17,19-20,23-24,26-28,31-32,34,47H,4-6,9,12-15,18,21-22,25,29-30,33,35-46H2,1-3H3/b10-7-,11-8-,19-16-,20-17-,24-23-,27-26-,32-28-,34-31-. The summed E-state index contributed by atoms with van der Waals surface area (Å²) in [5.74, 6) is -1.03. The van der Waals surface area contributed by atoms with Crippen molar-refractivity contribution in [3.63, 3.8) is 0 Å². The second-order valence-corrected chi connectivity index (χ2v) is 14.2. The second kappa shape index (κ2) is 44.0. The van der Waals surface area contributed by atoms with Gasteiger partial charge in [-0.25, -0.2) is 0 Å². The number of ether oxygens (including phenoxy) is 3. The predicted octanol–water partition coefficient (Wildman–Crippen LogP) is 14.2. The van der Waals surface area contributed by atoms with Gasteiger partial charge in [-0.05, 0) is 89.9 Å². The average molecular weight is 777 g/mol. The largest absolute Gasteiger partial charge is 0.462 e. The van der Waals surface area contributed by atoms with Gasteiger partial charge < -0.3 is 14.2 Å². The van der Waals surface area contributed by atoms with Crippen LogP contribution in [0.15, 0.2) is 97.2 Å². The van der Waals surface area contributed by atoms with Gasteiger partial charge in [-0.1, -0.05) is 169 Å². The van der Waals surface area contributed by atoms with Crippen molar-refractivity contribution in [3.05, 3.63) is 97.2 Å². The number of rotatable bonds is 38. The van der Waals surface area contributed by atoms with Crippen molar-refractivity contribution in [3.8, 4) is 0 Å². The SMILES string of the molecule is CC/C=C\C/C=C\C/C=C\C/C=C\C/C=C\CCCC(=O)OCC(COC(=O)CCCCCCCCCCC)OC(=O)CCCC/C=C\C/C=C\C/C=C\CC. The van der Waals surface area contributed by atoms with Crippen LogP contribution in [0.25, 0.3) is 0 Å². The summed E-state index contributed by atoms with van der Waals surface area (Å²) in [6.07, 6.45) is 56.9. The lowest BCUT2D eigenvalue weighted by Crippen LogP contribution is -2.30. The van der Waals surface area contributed by atoms with Gasteiger partial charge in [0.25, 0.3) is 0 Å². The summed E-state index contributed by atoms with van der Waals surface area (Å²) in [5.41, 5.74) is 0. The highest BCUT2D eigenvalue weighted by atomic mass is 16.6. The zero-order valence-corrected chi connectivity index (χ0v) is 35.9. The van der Waals surface area contributed by atoms with E-state index in [4.69, 9.17) is 14.2 Å². The van der Waals surface area contributed by atoms with Gasteiger partial charge in [0, 0.05) is 19.3 Å². The van der Waals surface area contributed by atoms with Crippen LogP contribution in [0.4, 0.5) is 0 Å². The van der Waals surface area contributed by atoms with E-state index in [9.17, 15) is 14.4 Å². The van der Waals surface area contributed by atoms with E-state index < -0.39 is 6.10 Å². The number of unbranched alkanes of at least 4 members (excludes halogenated alkanes) is 11. The molecule has 6 heteroatoms. The summed E-state index contributed by atoms with van der Waals surface area (Å²) >= 11 is 0. The molecule has 0 aliphatic carbocycles.